The van der Waals surface area contributed by atoms with Gasteiger partial charge in [0.25, 0.3) is 0 Å². The zero-order valence-corrected chi connectivity index (χ0v) is 23.4. The predicted octanol–water partition coefficient (Wildman–Crippen LogP) is 4.98. The van der Waals surface area contributed by atoms with Crippen molar-refractivity contribution in [3.8, 4) is 11.3 Å². The van der Waals surface area contributed by atoms with Crippen LogP contribution in [0.5, 0.6) is 0 Å². The van der Waals surface area contributed by atoms with Crippen molar-refractivity contribution in [1.82, 2.24) is 19.4 Å². The molecule has 4 aromatic rings. The fourth-order valence-electron chi connectivity index (χ4n) is 4.80. The van der Waals surface area contributed by atoms with Crippen molar-refractivity contribution < 1.29 is 9.53 Å². The first kappa shape index (κ1) is 26.5. The molecule has 5 rings (SSSR count). The molecule has 1 aliphatic carbocycles. The summed E-state index contributed by atoms with van der Waals surface area (Å²) in [5, 5.41) is 4.34. The second-order valence-corrected chi connectivity index (χ2v) is 10.7. The number of anilines is 4. The van der Waals surface area contributed by atoms with Gasteiger partial charge in [-0.25, -0.2) is 14.8 Å². The van der Waals surface area contributed by atoms with Gasteiger partial charge < -0.3 is 30.2 Å². The number of nitrogens with two attached hydrogens (primary N) is 1. The Morgan fingerprint density at radius 3 is 2.67 bits per heavy atom. The number of esters is 1. The van der Waals surface area contributed by atoms with E-state index in [9.17, 15) is 4.79 Å². The first-order chi connectivity index (χ1) is 18.7. The molecule has 2 aromatic heterocycles. The molecule has 1 saturated carbocycles. The predicted molar refractivity (Wildman–Crippen MR) is 158 cm³/mol. The van der Waals surface area contributed by atoms with Gasteiger partial charge in [-0.05, 0) is 64.0 Å². The number of aromatic nitrogens is 3. The number of nitrogens with zero attached hydrogens (tertiary/aromatic N) is 5. The van der Waals surface area contributed by atoms with Gasteiger partial charge in [0.05, 0.1) is 17.1 Å². The molecule has 0 spiro atoms. The molecule has 0 atom stereocenters. The van der Waals surface area contributed by atoms with Gasteiger partial charge in [-0.15, -0.1) is 0 Å². The number of aryl methyl sites for hydroxylation is 2. The molecule has 39 heavy (non-hydrogen) atoms. The van der Waals surface area contributed by atoms with E-state index in [-0.39, 0.29) is 12.1 Å². The Bertz CT molecular complexity index is 1510. The summed E-state index contributed by atoms with van der Waals surface area (Å²) in [4.78, 5) is 26.9. The standard InChI is InChI=1S/C30H37N7O2/c1-19-15-27(36(4)14-13-35(2)3)24(31)16-25(19)33-30-32-17-22(29(38)39-20-9-8-10-20)28(34-30)23-18-37(5)26-12-7-6-11-21(23)26/h6-7,11-12,15-18,20H,8-10,13-14,31H2,1-5H3,(H,32,33,34). The molecule has 0 amide bonds. The quantitative estimate of drug-likeness (QED) is 0.232. The Balaban J connectivity index is 1.50. The maximum Gasteiger partial charge on any atom is 0.342 e. The van der Waals surface area contributed by atoms with E-state index in [1.165, 1.54) is 0 Å². The largest absolute Gasteiger partial charge is 0.459 e. The summed E-state index contributed by atoms with van der Waals surface area (Å²) in [6, 6.07) is 12.1. The fraction of sp³-hybridized carbons (Fsp3) is 0.367. The molecular formula is C30H37N7O2. The Morgan fingerprint density at radius 2 is 1.95 bits per heavy atom. The third kappa shape index (κ3) is 5.54. The number of likely N-dealkylation sites (N-methyl/N-ethyl adjacent to an activating group) is 2. The van der Waals surface area contributed by atoms with Gasteiger partial charge in [0.1, 0.15) is 11.7 Å². The van der Waals surface area contributed by atoms with E-state index in [0.717, 1.165) is 65.8 Å². The van der Waals surface area contributed by atoms with E-state index < -0.39 is 0 Å². The minimum atomic E-state index is -0.389. The monoisotopic (exact) mass is 527 g/mol. The van der Waals surface area contributed by atoms with Gasteiger partial charge in [0.2, 0.25) is 5.95 Å². The van der Waals surface area contributed by atoms with E-state index in [2.05, 4.69) is 46.3 Å². The van der Waals surface area contributed by atoms with Crippen LogP contribution in [0.1, 0.15) is 35.2 Å². The average molecular weight is 528 g/mol. The van der Waals surface area contributed by atoms with Crippen molar-refractivity contribution >= 4 is 39.9 Å². The van der Waals surface area contributed by atoms with E-state index in [1.807, 2.05) is 56.0 Å². The van der Waals surface area contributed by atoms with Crippen molar-refractivity contribution in [3.63, 3.8) is 0 Å². The maximum absolute atomic E-state index is 13.2. The number of para-hydroxylation sites is 1. The molecule has 1 fully saturated rings. The normalized spacial score (nSPS) is 13.5. The molecule has 0 radical (unpaired) electrons. The molecule has 9 heteroatoms. The molecule has 9 nitrogen and oxygen atoms in total. The lowest BCUT2D eigenvalue weighted by Gasteiger charge is -2.25. The number of fused-ring (bicyclic) bond motifs is 1. The van der Waals surface area contributed by atoms with E-state index in [0.29, 0.717) is 22.9 Å². The van der Waals surface area contributed by atoms with Crippen molar-refractivity contribution in [2.45, 2.75) is 32.3 Å². The zero-order chi connectivity index (χ0) is 27.7. The van der Waals surface area contributed by atoms with Crippen LogP contribution in [0.25, 0.3) is 22.2 Å². The smallest absolute Gasteiger partial charge is 0.342 e. The topological polar surface area (TPSA) is 102 Å². The number of nitrogen functional groups attached to an aromatic ring is 1. The Kier molecular flexibility index (Phi) is 7.43. The molecule has 3 N–H and O–H groups in total. The third-order valence-corrected chi connectivity index (χ3v) is 7.40. The van der Waals surface area contributed by atoms with Gasteiger partial charge in [-0.1, -0.05) is 18.2 Å². The summed E-state index contributed by atoms with van der Waals surface area (Å²) in [5.74, 6) is -0.00550. The van der Waals surface area contributed by atoms with Crippen molar-refractivity contribution in [1.29, 1.82) is 0 Å². The van der Waals surface area contributed by atoms with Crippen LogP contribution < -0.4 is 16.0 Å². The minimum Gasteiger partial charge on any atom is -0.459 e. The average Bonchev–Trinajstić information content (AvgIpc) is 3.23. The zero-order valence-electron chi connectivity index (χ0n) is 23.4. The van der Waals surface area contributed by atoms with Crippen molar-refractivity contribution in [3.05, 3.63) is 59.9 Å². The number of rotatable bonds is 9. The highest BCUT2D eigenvalue weighted by atomic mass is 16.5. The molecular weight excluding hydrogens is 490 g/mol. The number of ether oxygens (including phenoxy) is 1. The Morgan fingerprint density at radius 1 is 1.18 bits per heavy atom. The van der Waals surface area contributed by atoms with Crippen molar-refractivity contribution in [2.75, 3.05) is 50.2 Å². The molecule has 2 heterocycles. The van der Waals surface area contributed by atoms with E-state index >= 15 is 0 Å². The molecule has 1 aliphatic rings. The number of carbonyl (C=O) groups is 1. The van der Waals surface area contributed by atoms with Crippen LogP contribution in [0.3, 0.4) is 0 Å². The van der Waals surface area contributed by atoms with Crippen LogP contribution in [-0.4, -0.2) is 65.7 Å². The summed E-state index contributed by atoms with van der Waals surface area (Å²) < 4.78 is 7.79. The minimum absolute atomic E-state index is 0.0318. The van der Waals surface area contributed by atoms with Gasteiger partial charge in [-0.2, -0.15) is 0 Å². The number of hydrogen-bond donors (Lipinski definition) is 2. The summed E-state index contributed by atoms with van der Waals surface area (Å²) in [7, 11) is 8.14. The lowest BCUT2D eigenvalue weighted by atomic mass is 9.96. The highest BCUT2D eigenvalue weighted by Gasteiger charge is 2.26. The molecule has 0 saturated heterocycles. The first-order valence-corrected chi connectivity index (χ1v) is 13.4. The summed E-state index contributed by atoms with van der Waals surface area (Å²) in [6.07, 6.45) is 6.41. The van der Waals surface area contributed by atoms with Crippen molar-refractivity contribution in [2.24, 2.45) is 7.05 Å². The van der Waals surface area contributed by atoms with Crippen LogP contribution in [0.4, 0.5) is 23.0 Å². The highest BCUT2D eigenvalue weighted by molar-refractivity contribution is 6.03. The van der Waals surface area contributed by atoms with Gasteiger partial charge in [0, 0.05) is 61.7 Å². The molecule has 0 bridgehead atoms. The summed E-state index contributed by atoms with van der Waals surface area (Å²) in [6.45, 7) is 3.82. The van der Waals surface area contributed by atoms with Gasteiger partial charge >= 0.3 is 5.97 Å². The van der Waals surface area contributed by atoms with E-state index in [1.54, 1.807) is 6.20 Å². The van der Waals surface area contributed by atoms with Gasteiger partial charge in [-0.3, -0.25) is 0 Å². The first-order valence-electron chi connectivity index (χ1n) is 13.4. The lowest BCUT2D eigenvalue weighted by molar-refractivity contribution is 0.00902. The van der Waals surface area contributed by atoms with Crippen LogP contribution in [-0.2, 0) is 11.8 Å². The number of nitrogens with one attached hydrogen (secondary N) is 1. The molecule has 0 unspecified atom stereocenters. The number of carbonyl (C=O) groups excluding carboxylic acids is 1. The summed E-state index contributed by atoms with van der Waals surface area (Å²) in [5.41, 5.74) is 12.7. The lowest BCUT2D eigenvalue weighted by Crippen LogP contribution is -2.29. The molecule has 0 aliphatic heterocycles. The second-order valence-electron chi connectivity index (χ2n) is 10.7. The second kappa shape index (κ2) is 10.9. The molecule has 2 aromatic carbocycles. The number of hydrogen-bond acceptors (Lipinski definition) is 8. The molecule has 204 valence electrons. The third-order valence-electron chi connectivity index (χ3n) is 7.40. The van der Waals surface area contributed by atoms with Crippen LogP contribution >= 0.6 is 0 Å². The maximum atomic E-state index is 13.2. The van der Waals surface area contributed by atoms with Crippen LogP contribution in [0.2, 0.25) is 0 Å². The van der Waals surface area contributed by atoms with Crippen LogP contribution in [0, 0.1) is 6.92 Å². The Labute approximate surface area is 229 Å². The highest BCUT2D eigenvalue weighted by Crippen LogP contribution is 2.35. The Hall–Kier alpha value is -4.11. The SMILES string of the molecule is Cc1cc(N(C)CCN(C)C)c(N)cc1Nc1ncc(C(=O)OC2CCC2)c(-c2cn(C)c3ccccc23)n1. The van der Waals surface area contributed by atoms with Gasteiger partial charge in [0.15, 0.2) is 0 Å². The van der Waals surface area contributed by atoms with Crippen LogP contribution in [0.15, 0.2) is 48.8 Å². The fourth-order valence-corrected chi connectivity index (χ4v) is 4.80. The summed E-state index contributed by atoms with van der Waals surface area (Å²) >= 11 is 0. The van der Waals surface area contributed by atoms with E-state index in [4.69, 9.17) is 15.5 Å². The number of benzene rings is 2.